The van der Waals surface area contributed by atoms with Crippen molar-refractivity contribution in [3.05, 3.63) is 89.2 Å². The van der Waals surface area contributed by atoms with E-state index in [4.69, 9.17) is 0 Å². The van der Waals surface area contributed by atoms with Gasteiger partial charge >= 0.3 is 0 Å². The van der Waals surface area contributed by atoms with Crippen LogP contribution in [0.2, 0.25) is 0 Å². The summed E-state index contributed by atoms with van der Waals surface area (Å²) in [6.07, 6.45) is 6.37. The number of rotatable bonds is 4. The van der Waals surface area contributed by atoms with E-state index in [0.717, 1.165) is 49.2 Å². The summed E-state index contributed by atoms with van der Waals surface area (Å²) in [5.41, 5.74) is 4.30. The average Bonchev–Trinajstić information content (AvgIpc) is 3.15. The normalized spacial score (nSPS) is 13.9. The molecule has 0 aliphatic carbocycles. The van der Waals surface area contributed by atoms with Crippen molar-refractivity contribution in [2.24, 2.45) is 0 Å². The van der Waals surface area contributed by atoms with E-state index in [-0.39, 0.29) is 23.0 Å². The van der Waals surface area contributed by atoms with Crippen molar-refractivity contribution >= 4 is 17.3 Å². The van der Waals surface area contributed by atoms with E-state index >= 15 is 0 Å². The van der Waals surface area contributed by atoms with Gasteiger partial charge < -0.3 is 10.0 Å². The van der Waals surface area contributed by atoms with Crippen LogP contribution in [0, 0.1) is 6.92 Å². The summed E-state index contributed by atoms with van der Waals surface area (Å²) in [5, 5.41) is 10.2. The number of carbonyl (C=O) groups is 2. The van der Waals surface area contributed by atoms with Gasteiger partial charge in [-0.3, -0.25) is 14.0 Å². The number of ketones is 1. The summed E-state index contributed by atoms with van der Waals surface area (Å²) in [7, 11) is 0. The predicted molar refractivity (Wildman–Crippen MR) is 127 cm³/mol. The third-order valence-corrected chi connectivity index (χ3v) is 6.33. The quantitative estimate of drug-likeness (QED) is 0.460. The summed E-state index contributed by atoms with van der Waals surface area (Å²) in [5.74, 6) is -0.411. The molecule has 0 spiro atoms. The van der Waals surface area contributed by atoms with Gasteiger partial charge in [0.1, 0.15) is 11.4 Å². The molecule has 0 unspecified atom stereocenters. The van der Waals surface area contributed by atoms with E-state index in [1.807, 2.05) is 46.6 Å². The highest BCUT2D eigenvalue weighted by atomic mass is 16.3. The van der Waals surface area contributed by atoms with Crippen molar-refractivity contribution in [1.29, 1.82) is 0 Å². The SMILES string of the molecule is Cc1c(C(=O)N2CCCCC2)c2ncc(C(=O)c3ccccc3O)cn2c1-c1ccccc1. The lowest BCUT2D eigenvalue weighted by Crippen LogP contribution is -2.35. The van der Waals surface area contributed by atoms with Crippen molar-refractivity contribution in [2.75, 3.05) is 13.1 Å². The van der Waals surface area contributed by atoms with Gasteiger partial charge in [-0.1, -0.05) is 42.5 Å². The molecule has 1 aliphatic heterocycles. The maximum absolute atomic E-state index is 13.5. The summed E-state index contributed by atoms with van der Waals surface area (Å²) in [6, 6.07) is 16.3. The fourth-order valence-electron chi connectivity index (χ4n) is 4.65. The molecule has 2 aromatic carbocycles. The average molecular weight is 440 g/mol. The Morgan fingerprint density at radius 2 is 1.64 bits per heavy atom. The number of hydrogen-bond acceptors (Lipinski definition) is 4. The largest absolute Gasteiger partial charge is 0.507 e. The highest BCUT2D eigenvalue weighted by Gasteiger charge is 2.28. The van der Waals surface area contributed by atoms with E-state index in [1.165, 1.54) is 12.3 Å². The van der Waals surface area contributed by atoms with Crippen molar-refractivity contribution in [3.8, 4) is 17.0 Å². The number of piperidine rings is 1. The second kappa shape index (κ2) is 8.54. The number of benzene rings is 2. The van der Waals surface area contributed by atoms with Crippen LogP contribution in [0.1, 0.15) is 51.1 Å². The maximum atomic E-state index is 13.5. The first-order chi connectivity index (χ1) is 16.1. The second-order valence-corrected chi connectivity index (χ2v) is 8.45. The number of aromatic nitrogens is 2. The number of carbonyl (C=O) groups excluding carboxylic acids is 2. The number of fused-ring (bicyclic) bond motifs is 1. The lowest BCUT2D eigenvalue weighted by Gasteiger charge is -2.26. The predicted octanol–water partition coefficient (Wildman–Crippen LogP) is 4.87. The lowest BCUT2D eigenvalue weighted by atomic mass is 10.0. The van der Waals surface area contributed by atoms with Gasteiger partial charge in [-0.05, 0) is 49.4 Å². The Bertz CT molecular complexity index is 1350. The fraction of sp³-hybridized carbons (Fsp3) is 0.222. The van der Waals surface area contributed by atoms with E-state index < -0.39 is 0 Å². The molecule has 1 amide bonds. The molecule has 0 bridgehead atoms. The van der Waals surface area contributed by atoms with Crippen LogP contribution in [-0.2, 0) is 0 Å². The Balaban J connectivity index is 1.69. The zero-order chi connectivity index (χ0) is 22.9. The summed E-state index contributed by atoms with van der Waals surface area (Å²) < 4.78 is 1.84. The van der Waals surface area contributed by atoms with Crippen LogP contribution in [0.15, 0.2) is 67.0 Å². The van der Waals surface area contributed by atoms with Crippen LogP contribution in [0.5, 0.6) is 5.75 Å². The van der Waals surface area contributed by atoms with Gasteiger partial charge in [-0.15, -0.1) is 0 Å². The van der Waals surface area contributed by atoms with E-state index in [1.54, 1.807) is 24.4 Å². The topological polar surface area (TPSA) is 74.9 Å². The summed E-state index contributed by atoms with van der Waals surface area (Å²) in [4.78, 5) is 33.2. The van der Waals surface area contributed by atoms with E-state index in [9.17, 15) is 14.7 Å². The molecule has 0 saturated carbocycles. The third-order valence-electron chi connectivity index (χ3n) is 6.33. The molecule has 166 valence electrons. The molecule has 0 radical (unpaired) electrons. The van der Waals surface area contributed by atoms with Gasteiger partial charge in [-0.2, -0.15) is 0 Å². The number of nitrogens with zero attached hydrogens (tertiary/aromatic N) is 3. The molecule has 1 fully saturated rings. The lowest BCUT2D eigenvalue weighted by molar-refractivity contribution is 0.0725. The molecule has 1 N–H and O–H groups in total. The minimum Gasteiger partial charge on any atom is -0.507 e. The molecule has 1 saturated heterocycles. The fourth-order valence-corrected chi connectivity index (χ4v) is 4.65. The monoisotopic (exact) mass is 439 g/mol. The van der Waals surface area contributed by atoms with Crippen molar-refractivity contribution in [2.45, 2.75) is 26.2 Å². The molecular formula is C27H25N3O3. The van der Waals surface area contributed by atoms with Crippen LogP contribution in [0.25, 0.3) is 16.9 Å². The number of aromatic hydroxyl groups is 1. The van der Waals surface area contributed by atoms with Gasteiger partial charge in [0.2, 0.25) is 0 Å². The molecule has 2 aromatic heterocycles. The Hall–Kier alpha value is -3.93. The van der Waals surface area contributed by atoms with Gasteiger partial charge in [0.05, 0.1) is 22.4 Å². The Labute approximate surface area is 192 Å². The van der Waals surface area contributed by atoms with Crippen LogP contribution < -0.4 is 0 Å². The Morgan fingerprint density at radius 1 is 0.939 bits per heavy atom. The van der Waals surface area contributed by atoms with Crippen LogP contribution in [0.4, 0.5) is 0 Å². The first kappa shape index (κ1) is 20.9. The molecule has 6 nitrogen and oxygen atoms in total. The molecule has 4 aromatic rings. The van der Waals surface area contributed by atoms with Crippen LogP contribution >= 0.6 is 0 Å². The summed E-state index contributed by atoms with van der Waals surface area (Å²) >= 11 is 0. The third kappa shape index (κ3) is 3.67. The number of hydrogen-bond donors (Lipinski definition) is 1. The van der Waals surface area contributed by atoms with E-state index in [0.29, 0.717) is 16.8 Å². The van der Waals surface area contributed by atoms with E-state index in [2.05, 4.69) is 4.98 Å². The minimum atomic E-state index is -0.322. The number of phenolic OH excluding ortho intramolecular Hbond substituents is 1. The zero-order valence-electron chi connectivity index (χ0n) is 18.5. The molecule has 33 heavy (non-hydrogen) atoms. The molecule has 0 atom stereocenters. The van der Waals surface area contributed by atoms with Gasteiger partial charge in [0.25, 0.3) is 5.91 Å². The Kier molecular flexibility index (Phi) is 5.42. The number of amides is 1. The maximum Gasteiger partial charge on any atom is 0.257 e. The highest BCUT2D eigenvalue weighted by molar-refractivity contribution is 6.11. The number of para-hydroxylation sites is 1. The highest BCUT2D eigenvalue weighted by Crippen LogP contribution is 2.32. The van der Waals surface area contributed by atoms with Crippen molar-refractivity contribution in [1.82, 2.24) is 14.3 Å². The number of phenols is 1. The van der Waals surface area contributed by atoms with Crippen LogP contribution in [0.3, 0.4) is 0 Å². The smallest absolute Gasteiger partial charge is 0.257 e. The van der Waals surface area contributed by atoms with Gasteiger partial charge in [0.15, 0.2) is 5.78 Å². The van der Waals surface area contributed by atoms with Gasteiger partial charge in [0, 0.05) is 25.5 Å². The number of likely N-dealkylation sites (tertiary alicyclic amines) is 1. The second-order valence-electron chi connectivity index (χ2n) is 8.45. The first-order valence-corrected chi connectivity index (χ1v) is 11.2. The van der Waals surface area contributed by atoms with Gasteiger partial charge in [-0.25, -0.2) is 4.98 Å². The molecule has 1 aliphatic rings. The molecule has 5 rings (SSSR count). The first-order valence-electron chi connectivity index (χ1n) is 11.2. The zero-order valence-corrected chi connectivity index (χ0v) is 18.5. The molecule has 6 heteroatoms. The molecular weight excluding hydrogens is 414 g/mol. The minimum absolute atomic E-state index is 0.0147. The Morgan fingerprint density at radius 3 is 2.36 bits per heavy atom. The van der Waals surface area contributed by atoms with Crippen molar-refractivity contribution in [3.63, 3.8) is 0 Å². The van der Waals surface area contributed by atoms with Crippen LogP contribution in [-0.4, -0.2) is 44.2 Å². The molecule has 3 heterocycles. The van der Waals surface area contributed by atoms with Crippen molar-refractivity contribution < 1.29 is 14.7 Å². The standard InChI is InChI=1S/C27H25N3O3/c1-18-23(27(33)29-14-8-3-9-15-29)26-28-16-20(25(32)21-12-6-7-13-22(21)31)17-30(26)24(18)19-10-4-2-5-11-19/h2,4-7,10-13,16-17,31H,3,8-9,14-15H2,1H3. The summed E-state index contributed by atoms with van der Waals surface area (Å²) in [6.45, 7) is 3.44.